The van der Waals surface area contributed by atoms with Crippen LogP contribution in [0.5, 0.6) is 5.75 Å². The summed E-state index contributed by atoms with van der Waals surface area (Å²) in [5.74, 6) is 0.888. The van der Waals surface area contributed by atoms with Crippen LogP contribution in [0.1, 0.15) is 5.56 Å². The molecule has 0 fully saturated rings. The van der Waals surface area contributed by atoms with Gasteiger partial charge in [-0.1, -0.05) is 24.3 Å². The zero-order valence-electron chi connectivity index (χ0n) is 14.8. The molecule has 1 atom stereocenters. The summed E-state index contributed by atoms with van der Waals surface area (Å²) in [4.78, 5) is 16.8. The molecule has 0 radical (unpaired) electrons. The van der Waals surface area contributed by atoms with Gasteiger partial charge in [0.2, 0.25) is 11.9 Å². The number of rotatable bonds is 7. The van der Waals surface area contributed by atoms with Gasteiger partial charge in [-0.2, -0.15) is 0 Å². The van der Waals surface area contributed by atoms with Gasteiger partial charge in [0.1, 0.15) is 11.8 Å². The van der Waals surface area contributed by atoms with Crippen LogP contribution in [-0.4, -0.2) is 42.3 Å². The van der Waals surface area contributed by atoms with Gasteiger partial charge in [0, 0.05) is 7.11 Å². The average molecular weight is 354 g/mol. The maximum absolute atomic E-state index is 12.3. The van der Waals surface area contributed by atoms with Crippen molar-refractivity contribution >= 4 is 22.9 Å². The number of fused-ring (bicyclic) bond motifs is 1. The molecule has 7 nitrogen and oxygen atoms in total. The van der Waals surface area contributed by atoms with Crippen molar-refractivity contribution in [2.75, 3.05) is 26.1 Å². The Morgan fingerprint density at radius 2 is 2.04 bits per heavy atom. The highest BCUT2D eigenvalue weighted by Gasteiger charge is 2.18. The van der Waals surface area contributed by atoms with E-state index in [0.29, 0.717) is 12.5 Å². The molecule has 136 valence electrons. The van der Waals surface area contributed by atoms with E-state index < -0.39 is 6.04 Å². The third-order valence-corrected chi connectivity index (χ3v) is 4.05. The summed E-state index contributed by atoms with van der Waals surface area (Å²) in [7, 11) is 3.14. The third kappa shape index (κ3) is 3.84. The number of carbonyl (C=O) groups is 1. The van der Waals surface area contributed by atoms with E-state index in [0.717, 1.165) is 22.3 Å². The van der Waals surface area contributed by atoms with Gasteiger partial charge in [0.05, 0.1) is 31.3 Å². The van der Waals surface area contributed by atoms with Crippen molar-refractivity contribution in [1.82, 2.24) is 9.55 Å². The summed E-state index contributed by atoms with van der Waals surface area (Å²) in [5.41, 5.74) is 8.57. The second kappa shape index (κ2) is 7.99. The first kappa shape index (κ1) is 17.9. The Hall–Kier alpha value is -2.90. The van der Waals surface area contributed by atoms with Gasteiger partial charge < -0.3 is 19.8 Å². The summed E-state index contributed by atoms with van der Waals surface area (Å²) in [5, 5.41) is 2.81. The van der Waals surface area contributed by atoms with E-state index in [1.807, 2.05) is 53.1 Å². The number of nitrogens with one attached hydrogen (secondary N) is 1. The van der Waals surface area contributed by atoms with E-state index in [9.17, 15) is 4.79 Å². The van der Waals surface area contributed by atoms with Crippen molar-refractivity contribution in [3.05, 3.63) is 54.1 Å². The molecule has 0 aliphatic carbocycles. The lowest BCUT2D eigenvalue weighted by atomic mass is 10.2. The largest absolute Gasteiger partial charge is 0.497 e. The minimum Gasteiger partial charge on any atom is -0.497 e. The van der Waals surface area contributed by atoms with Gasteiger partial charge in [0.15, 0.2) is 0 Å². The van der Waals surface area contributed by atoms with E-state index in [2.05, 4.69) is 10.3 Å². The number of nitrogens with two attached hydrogens (primary N) is 1. The quantitative estimate of drug-likeness (QED) is 0.677. The fourth-order valence-electron chi connectivity index (χ4n) is 2.74. The van der Waals surface area contributed by atoms with Crippen molar-refractivity contribution in [2.24, 2.45) is 5.73 Å². The average Bonchev–Trinajstić information content (AvgIpc) is 2.99. The molecule has 0 saturated carbocycles. The normalized spacial score (nSPS) is 12.1. The molecular weight excluding hydrogens is 332 g/mol. The fraction of sp³-hybridized carbons (Fsp3) is 0.263. The highest BCUT2D eigenvalue weighted by Crippen LogP contribution is 2.22. The number of methoxy groups -OCH3 is 2. The Morgan fingerprint density at radius 1 is 1.23 bits per heavy atom. The van der Waals surface area contributed by atoms with Crippen LogP contribution >= 0.6 is 0 Å². The molecule has 1 aromatic heterocycles. The summed E-state index contributed by atoms with van der Waals surface area (Å²) in [6.45, 7) is 0.675. The van der Waals surface area contributed by atoms with E-state index >= 15 is 0 Å². The summed E-state index contributed by atoms with van der Waals surface area (Å²) in [6, 6.07) is 14.7. The Kier molecular flexibility index (Phi) is 5.50. The van der Waals surface area contributed by atoms with Gasteiger partial charge in [-0.05, 0) is 29.8 Å². The van der Waals surface area contributed by atoms with Gasteiger partial charge >= 0.3 is 0 Å². The molecule has 0 spiro atoms. The summed E-state index contributed by atoms with van der Waals surface area (Å²) < 4.78 is 12.2. The van der Waals surface area contributed by atoms with E-state index in [4.69, 9.17) is 15.2 Å². The number of para-hydroxylation sites is 2. The van der Waals surface area contributed by atoms with Gasteiger partial charge in [0.25, 0.3) is 0 Å². The molecule has 3 aromatic rings. The SMILES string of the molecule is COCC(N)C(=O)Nc1nc2ccccc2n1Cc1cccc(OC)c1. The number of benzene rings is 2. The van der Waals surface area contributed by atoms with Crippen LogP contribution < -0.4 is 15.8 Å². The Labute approximate surface area is 151 Å². The Morgan fingerprint density at radius 3 is 2.81 bits per heavy atom. The van der Waals surface area contributed by atoms with Crippen LogP contribution in [0.2, 0.25) is 0 Å². The first-order valence-electron chi connectivity index (χ1n) is 8.26. The van der Waals surface area contributed by atoms with Crippen LogP contribution in [0.15, 0.2) is 48.5 Å². The van der Waals surface area contributed by atoms with Crippen LogP contribution in [0.4, 0.5) is 5.95 Å². The minimum absolute atomic E-state index is 0.141. The predicted octanol–water partition coefficient (Wildman–Crippen LogP) is 2.01. The standard InChI is InChI=1S/C19H22N4O3/c1-25-12-15(20)18(24)22-19-21-16-8-3-4-9-17(16)23(19)11-13-6-5-7-14(10-13)26-2/h3-10,15H,11-12,20H2,1-2H3,(H,21,22,24). The molecule has 1 amide bonds. The molecule has 1 heterocycles. The number of nitrogens with zero attached hydrogens (tertiary/aromatic N) is 2. The maximum atomic E-state index is 12.3. The fourth-order valence-corrected chi connectivity index (χ4v) is 2.74. The van der Waals surface area contributed by atoms with Crippen molar-refractivity contribution in [1.29, 1.82) is 0 Å². The molecule has 0 bridgehead atoms. The number of ether oxygens (including phenoxy) is 2. The van der Waals surface area contributed by atoms with Crippen molar-refractivity contribution in [3.8, 4) is 5.75 Å². The summed E-state index contributed by atoms with van der Waals surface area (Å²) >= 11 is 0. The first-order chi connectivity index (χ1) is 12.6. The minimum atomic E-state index is -0.759. The van der Waals surface area contributed by atoms with E-state index in [1.54, 1.807) is 7.11 Å². The van der Waals surface area contributed by atoms with Crippen molar-refractivity contribution < 1.29 is 14.3 Å². The molecule has 1 unspecified atom stereocenters. The Bertz CT molecular complexity index is 907. The number of anilines is 1. The highest BCUT2D eigenvalue weighted by molar-refractivity contribution is 5.95. The van der Waals surface area contributed by atoms with Gasteiger partial charge in [-0.15, -0.1) is 0 Å². The van der Waals surface area contributed by atoms with Crippen molar-refractivity contribution in [2.45, 2.75) is 12.6 Å². The lowest BCUT2D eigenvalue weighted by Crippen LogP contribution is -2.39. The van der Waals surface area contributed by atoms with Crippen LogP contribution in [0.3, 0.4) is 0 Å². The van der Waals surface area contributed by atoms with Crippen molar-refractivity contribution in [3.63, 3.8) is 0 Å². The number of amides is 1. The smallest absolute Gasteiger partial charge is 0.245 e. The molecule has 2 aromatic carbocycles. The zero-order valence-corrected chi connectivity index (χ0v) is 14.8. The predicted molar refractivity (Wildman–Crippen MR) is 100 cm³/mol. The molecule has 3 N–H and O–H groups in total. The number of hydrogen-bond acceptors (Lipinski definition) is 5. The number of aromatic nitrogens is 2. The van der Waals surface area contributed by atoms with Crippen LogP contribution in [-0.2, 0) is 16.1 Å². The molecule has 26 heavy (non-hydrogen) atoms. The van der Waals surface area contributed by atoms with Crippen LogP contribution in [0, 0.1) is 0 Å². The molecule has 0 aliphatic rings. The second-order valence-corrected chi connectivity index (χ2v) is 5.91. The lowest BCUT2D eigenvalue weighted by Gasteiger charge is -2.13. The zero-order chi connectivity index (χ0) is 18.5. The van der Waals surface area contributed by atoms with Crippen LogP contribution in [0.25, 0.3) is 11.0 Å². The number of imidazole rings is 1. The third-order valence-electron chi connectivity index (χ3n) is 4.05. The molecule has 0 aliphatic heterocycles. The number of carbonyl (C=O) groups excluding carboxylic acids is 1. The van der Waals surface area contributed by atoms with E-state index in [-0.39, 0.29) is 12.5 Å². The van der Waals surface area contributed by atoms with Gasteiger partial charge in [-0.25, -0.2) is 4.98 Å². The molecular formula is C19H22N4O3. The topological polar surface area (TPSA) is 91.4 Å². The maximum Gasteiger partial charge on any atom is 0.245 e. The first-order valence-corrected chi connectivity index (χ1v) is 8.26. The van der Waals surface area contributed by atoms with E-state index in [1.165, 1.54) is 7.11 Å². The monoisotopic (exact) mass is 354 g/mol. The second-order valence-electron chi connectivity index (χ2n) is 5.91. The Balaban J connectivity index is 1.95. The molecule has 0 saturated heterocycles. The summed E-state index contributed by atoms with van der Waals surface area (Å²) in [6.07, 6.45) is 0. The number of hydrogen-bond donors (Lipinski definition) is 2. The lowest BCUT2D eigenvalue weighted by molar-refractivity contribution is -0.118. The molecule has 7 heteroatoms. The molecule has 3 rings (SSSR count). The van der Waals surface area contributed by atoms with Gasteiger partial charge in [-0.3, -0.25) is 10.1 Å². The highest BCUT2D eigenvalue weighted by atomic mass is 16.5.